The van der Waals surface area contributed by atoms with Gasteiger partial charge in [0.15, 0.2) is 5.13 Å². The van der Waals surface area contributed by atoms with E-state index in [1.807, 2.05) is 18.2 Å². The molecule has 0 spiro atoms. The Bertz CT molecular complexity index is 1280. The molecule has 0 aliphatic heterocycles. The number of halogens is 1. The van der Waals surface area contributed by atoms with Crippen LogP contribution in [0.25, 0.3) is 10.2 Å². The minimum absolute atomic E-state index is 0.0339. The summed E-state index contributed by atoms with van der Waals surface area (Å²) in [7, 11) is 0. The molecule has 0 fully saturated rings. The summed E-state index contributed by atoms with van der Waals surface area (Å²) in [4.78, 5) is 18.3. The number of fused-ring (bicyclic) bond motifs is 2. The van der Waals surface area contributed by atoms with Gasteiger partial charge in [-0.05, 0) is 53.8 Å². The number of anilines is 1. The Labute approximate surface area is 183 Å². The van der Waals surface area contributed by atoms with Crippen molar-refractivity contribution in [1.82, 2.24) is 4.98 Å². The highest BCUT2D eigenvalue weighted by atomic mass is 35.5. The lowest BCUT2D eigenvalue weighted by Crippen LogP contribution is -2.47. The molecule has 1 atom stereocenters. The standard InChI is InChI=1S/C25H19ClN2OS/c1-25(23(29)28-24-27-20-11-10-14(26)12-21(20)30-24)13-19-15-6-2-4-8-17(15)22(25)18-9-5-3-7-16(18)19/h2-12,19,22H,13H2,1H3,(H,27,28,29). The molecule has 3 aliphatic rings. The predicted molar refractivity (Wildman–Crippen MR) is 123 cm³/mol. The molecule has 4 aromatic rings. The second kappa shape index (κ2) is 6.40. The molecular formula is C25H19ClN2OS. The number of aromatic nitrogens is 1. The van der Waals surface area contributed by atoms with Gasteiger partial charge in [-0.25, -0.2) is 4.98 Å². The third kappa shape index (κ3) is 2.50. The fraction of sp³-hybridized carbons (Fsp3) is 0.200. The van der Waals surface area contributed by atoms with Crippen LogP contribution >= 0.6 is 22.9 Å². The van der Waals surface area contributed by atoms with Crippen LogP contribution in [0.1, 0.15) is 47.4 Å². The predicted octanol–water partition coefficient (Wildman–Crippen LogP) is 6.58. The van der Waals surface area contributed by atoms with Crippen LogP contribution in [0.4, 0.5) is 5.13 Å². The van der Waals surface area contributed by atoms with Gasteiger partial charge in [0.2, 0.25) is 5.91 Å². The average molecular weight is 431 g/mol. The van der Waals surface area contributed by atoms with E-state index in [-0.39, 0.29) is 17.7 Å². The molecule has 0 radical (unpaired) electrons. The number of rotatable bonds is 2. The molecule has 1 heterocycles. The first kappa shape index (κ1) is 18.1. The Hall–Kier alpha value is -2.69. The van der Waals surface area contributed by atoms with E-state index >= 15 is 0 Å². The molecule has 0 saturated carbocycles. The molecule has 0 saturated heterocycles. The third-order valence-corrected chi connectivity index (χ3v) is 7.89. The third-order valence-electron chi connectivity index (χ3n) is 6.72. The number of hydrogen-bond acceptors (Lipinski definition) is 3. The maximum Gasteiger partial charge on any atom is 0.233 e. The second-order valence-electron chi connectivity index (χ2n) is 8.45. The number of carbonyl (C=O) groups excluding carboxylic acids is 1. The van der Waals surface area contributed by atoms with Gasteiger partial charge in [0, 0.05) is 16.9 Å². The number of carbonyl (C=O) groups is 1. The second-order valence-corrected chi connectivity index (χ2v) is 9.92. The van der Waals surface area contributed by atoms with Crippen LogP contribution in [0, 0.1) is 5.41 Å². The van der Waals surface area contributed by atoms with Crippen molar-refractivity contribution in [3.8, 4) is 0 Å². The average Bonchev–Trinajstić information content (AvgIpc) is 3.15. The number of thiazole rings is 1. The maximum absolute atomic E-state index is 13.7. The van der Waals surface area contributed by atoms with Crippen LogP contribution in [0.5, 0.6) is 0 Å². The molecule has 3 nitrogen and oxygen atoms in total. The van der Waals surface area contributed by atoms with E-state index in [0.29, 0.717) is 10.2 Å². The summed E-state index contributed by atoms with van der Waals surface area (Å²) in [6.07, 6.45) is 0.800. The largest absolute Gasteiger partial charge is 0.301 e. The zero-order chi connectivity index (χ0) is 20.5. The van der Waals surface area contributed by atoms with Gasteiger partial charge in [-0.15, -0.1) is 0 Å². The van der Waals surface area contributed by atoms with E-state index in [1.165, 1.54) is 33.6 Å². The molecule has 148 valence electrons. The van der Waals surface area contributed by atoms with Crippen molar-refractivity contribution in [2.24, 2.45) is 5.41 Å². The quantitative estimate of drug-likeness (QED) is 0.390. The summed E-state index contributed by atoms with van der Waals surface area (Å²) in [5.74, 6) is 0.317. The first-order chi connectivity index (χ1) is 14.5. The Morgan fingerprint density at radius 3 is 2.33 bits per heavy atom. The van der Waals surface area contributed by atoms with Gasteiger partial charge in [-0.1, -0.05) is 71.5 Å². The number of benzene rings is 3. The van der Waals surface area contributed by atoms with Crippen LogP contribution in [0.2, 0.25) is 5.02 Å². The fourth-order valence-electron chi connectivity index (χ4n) is 5.38. The Morgan fingerprint density at radius 2 is 1.67 bits per heavy atom. The van der Waals surface area contributed by atoms with Crippen molar-refractivity contribution in [2.75, 3.05) is 5.32 Å². The van der Waals surface area contributed by atoms with Gasteiger partial charge in [0.05, 0.1) is 15.6 Å². The number of nitrogens with zero attached hydrogens (tertiary/aromatic N) is 1. The van der Waals surface area contributed by atoms with Crippen molar-refractivity contribution in [2.45, 2.75) is 25.2 Å². The fourth-order valence-corrected chi connectivity index (χ4v) is 6.52. The monoisotopic (exact) mass is 430 g/mol. The molecule has 1 amide bonds. The van der Waals surface area contributed by atoms with Crippen molar-refractivity contribution in [1.29, 1.82) is 0 Å². The molecule has 5 heteroatoms. The summed E-state index contributed by atoms with van der Waals surface area (Å²) < 4.78 is 0.976. The van der Waals surface area contributed by atoms with Gasteiger partial charge in [0.1, 0.15) is 0 Å². The Morgan fingerprint density at radius 1 is 1.03 bits per heavy atom. The number of amides is 1. The van der Waals surface area contributed by atoms with E-state index in [4.69, 9.17) is 11.6 Å². The van der Waals surface area contributed by atoms with Gasteiger partial charge in [-0.2, -0.15) is 0 Å². The first-order valence-electron chi connectivity index (χ1n) is 10.1. The highest BCUT2D eigenvalue weighted by molar-refractivity contribution is 7.22. The van der Waals surface area contributed by atoms with Crippen molar-refractivity contribution in [3.63, 3.8) is 0 Å². The van der Waals surface area contributed by atoms with Crippen molar-refractivity contribution >= 4 is 44.2 Å². The van der Waals surface area contributed by atoms with E-state index in [2.05, 4.69) is 65.8 Å². The lowest BCUT2D eigenvalue weighted by atomic mass is 9.52. The summed E-state index contributed by atoms with van der Waals surface area (Å²) in [6.45, 7) is 2.11. The van der Waals surface area contributed by atoms with E-state index in [1.54, 1.807) is 0 Å². The summed E-state index contributed by atoms with van der Waals surface area (Å²) in [5.41, 5.74) is 5.60. The Balaban J connectivity index is 1.42. The molecule has 1 unspecified atom stereocenters. The smallest absolute Gasteiger partial charge is 0.233 e. The van der Waals surface area contributed by atoms with Crippen LogP contribution < -0.4 is 5.32 Å². The molecular weight excluding hydrogens is 412 g/mol. The highest BCUT2D eigenvalue weighted by Crippen LogP contribution is 2.61. The molecule has 7 rings (SSSR count). The van der Waals surface area contributed by atoms with Crippen LogP contribution in [0.15, 0.2) is 66.7 Å². The zero-order valence-corrected chi connectivity index (χ0v) is 17.9. The first-order valence-corrected chi connectivity index (χ1v) is 11.3. The molecule has 1 aromatic heterocycles. The van der Waals surface area contributed by atoms with E-state index < -0.39 is 5.41 Å². The van der Waals surface area contributed by atoms with E-state index in [9.17, 15) is 4.79 Å². The molecule has 3 aliphatic carbocycles. The van der Waals surface area contributed by atoms with Crippen LogP contribution in [0.3, 0.4) is 0 Å². The van der Waals surface area contributed by atoms with Gasteiger partial charge in [0.25, 0.3) is 0 Å². The summed E-state index contributed by atoms with van der Waals surface area (Å²) >= 11 is 7.57. The zero-order valence-electron chi connectivity index (χ0n) is 16.4. The van der Waals surface area contributed by atoms with E-state index in [0.717, 1.165) is 16.6 Å². The molecule has 2 bridgehead atoms. The molecule has 1 N–H and O–H groups in total. The minimum atomic E-state index is -0.539. The number of nitrogens with one attached hydrogen (secondary N) is 1. The van der Waals surface area contributed by atoms with Crippen LogP contribution in [-0.4, -0.2) is 10.9 Å². The lowest BCUT2D eigenvalue weighted by molar-refractivity contribution is -0.126. The highest BCUT2D eigenvalue weighted by Gasteiger charge is 2.53. The topological polar surface area (TPSA) is 42.0 Å². The van der Waals surface area contributed by atoms with Gasteiger partial charge in [-0.3, -0.25) is 4.79 Å². The number of hydrogen-bond donors (Lipinski definition) is 1. The van der Waals surface area contributed by atoms with Crippen molar-refractivity contribution < 1.29 is 4.79 Å². The van der Waals surface area contributed by atoms with Crippen molar-refractivity contribution in [3.05, 3.63) is 94.0 Å². The minimum Gasteiger partial charge on any atom is -0.301 e. The Kier molecular flexibility index (Phi) is 3.86. The lowest BCUT2D eigenvalue weighted by Gasteiger charge is -2.50. The van der Waals surface area contributed by atoms with Crippen LogP contribution in [-0.2, 0) is 4.79 Å². The molecule has 30 heavy (non-hydrogen) atoms. The summed E-state index contributed by atoms with van der Waals surface area (Å²) in [5, 5.41) is 4.43. The maximum atomic E-state index is 13.7. The summed E-state index contributed by atoms with van der Waals surface area (Å²) in [6, 6.07) is 22.8. The normalized spacial score (nSPS) is 23.8. The van der Waals surface area contributed by atoms with Gasteiger partial charge < -0.3 is 5.32 Å². The molecule has 3 aromatic carbocycles. The van der Waals surface area contributed by atoms with Gasteiger partial charge >= 0.3 is 0 Å². The SMILES string of the molecule is CC1(C(=O)Nc2nc3ccc(Cl)cc3s2)CC2c3ccccc3C1c1ccccc12.